The van der Waals surface area contributed by atoms with Crippen LogP contribution in [0.4, 0.5) is 0 Å². The molecule has 0 aliphatic carbocycles. The third-order valence-corrected chi connectivity index (χ3v) is 3.28. The minimum Gasteiger partial charge on any atom is -0.461 e. The molecule has 1 aliphatic heterocycles. The maximum absolute atomic E-state index is 12.0. The van der Waals surface area contributed by atoms with Crippen LogP contribution in [0.5, 0.6) is 0 Å². The molecule has 0 saturated carbocycles. The van der Waals surface area contributed by atoms with Gasteiger partial charge in [0.25, 0.3) is 0 Å². The van der Waals surface area contributed by atoms with Crippen molar-refractivity contribution in [3.8, 4) is 0 Å². The number of likely N-dealkylation sites (tertiary alicyclic amines) is 1. The fraction of sp³-hybridized carbons (Fsp3) is 0.692. The first-order valence-electron chi connectivity index (χ1n) is 6.92. The Balaban J connectivity index is 2.20. The molecular formula is C13H20N4O3. The molecule has 7 nitrogen and oxygen atoms in total. The van der Waals surface area contributed by atoms with Gasteiger partial charge in [0, 0.05) is 13.1 Å². The Labute approximate surface area is 117 Å². The highest BCUT2D eigenvalue weighted by Gasteiger charge is 2.26. The Morgan fingerprint density at radius 2 is 2.05 bits per heavy atom. The van der Waals surface area contributed by atoms with Gasteiger partial charge in [-0.1, -0.05) is 19.1 Å². The Hall–Kier alpha value is -1.92. The van der Waals surface area contributed by atoms with Crippen LogP contribution in [0.15, 0.2) is 0 Å². The van der Waals surface area contributed by atoms with E-state index in [0.29, 0.717) is 5.69 Å². The summed E-state index contributed by atoms with van der Waals surface area (Å²) in [6, 6.07) is 0. The van der Waals surface area contributed by atoms with Crippen molar-refractivity contribution in [3.63, 3.8) is 0 Å². The molecule has 20 heavy (non-hydrogen) atoms. The third-order valence-electron chi connectivity index (χ3n) is 3.28. The van der Waals surface area contributed by atoms with Gasteiger partial charge in [-0.25, -0.2) is 9.48 Å². The van der Waals surface area contributed by atoms with Gasteiger partial charge < -0.3 is 9.64 Å². The summed E-state index contributed by atoms with van der Waals surface area (Å²) in [6.45, 7) is 7.63. The summed E-state index contributed by atoms with van der Waals surface area (Å²) < 4.78 is 6.48. The van der Waals surface area contributed by atoms with Crippen LogP contribution in [0.1, 0.15) is 49.3 Å². The molecule has 7 heteroatoms. The van der Waals surface area contributed by atoms with Crippen LogP contribution < -0.4 is 0 Å². The maximum Gasteiger partial charge on any atom is 0.360 e. The van der Waals surface area contributed by atoms with Crippen molar-refractivity contribution in [1.29, 1.82) is 0 Å². The normalized spacial score (nSPS) is 14.3. The second kappa shape index (κ2) is 6.02. The molecule has 0 N–H and O–H groups in total. The van der Waals surface area contributed by atoms with E-state index in [0.717, 1.165) is 19.5 Å². The summed E-state index contributed by atoms with van der Waals surface area (Å²) in [4.78, 5) is 25.6. The number of nitrogens with zero attached hydrogens (tertiary/aromatic N) is 4. The van der Waals surface area contributed by atoms with Crippen molar-refractivity contribution in [2.24, 2.45) is 0 Å². The maximum atomic E-state index is 12.0. The first kappa shape index (κ1) is 14.5. The smallest absolute Gasteiger partial charge is 0.360 e. The van der Waals surface area contributed by atoms with E-state index in [1.54, 1.807) is 11.8 Å². The highest BCUT2D eigenvalue weighted by molar-refractivity contribution is 5.88. The Morgan fingerprint density at radius 3 is 2.55 bits per heavy atom. The second-order valence-electron chi connectivity index (χ2n) is 5.09. The number of hydrogen-bond acceptors (Lipinski definition) is 5. The van der Waals surface area contributed by atoms with Gasteiger partial charge in [0.1, 0.15) is 6.54 Å². The minimum atomic E-state index is -0.487. The molecule has 110 valence electrons. The zero-order chi connectivity index (χ0) is 14.7. The van der Waals surface area contributed by atoms with Crippen molar-refractivity contribution >= 4 is 11.9 Å². The molecule has 1 fully saturated rings. The molecule has 1 aliphatic rings. The standard InChI is InChI=1S/C13H20N4O3/c1-4-20-13(19)11-12(9(2)3)17(15-14-11)8-10(18)16-6-5-7-16/h9H,4-8H2,1-3H3. The lowest BCUT2D eigenvalue weighted by Gasteiger charge is -2.31. The molecule has 2 heterocycles. The number of carbonyl (C=O) groups excluding carboxylic acids is 2. The Morgan fingerprint density at radius 1 is 1.35 bits per heavy atom. The predicted molar refractivity (Wildman–Crippen MR) is 71.3 cm³/mol. The summed E-state index contributed by atoms with van der Waals surface area (Å²) in [5.41, 5.74) is 0.857. The zero-order valence-corrected chi connectivity index (χ0v) is 12.1. The highest BCUT2D eigenvalue weighted by atomic mass is 16.5. The fourth-order valence-electron chi connectivity index (χ4n) is 2.15. The largest absolute Gasteiger partial charge is 0.461 e. The van der Waals surface area contributed by atoms with Crippen LogP contribution in [0, 0.1) is 0 Å². The van der Waals surface area contributed by atoms with Gasteiger partial charge in [0.15, 0.2) is 5.69 Å². The number of ether oxygens (including phenoxy) is 1. The van der Waals surface area contributed by atoms with Gasteiger partial charge in [-0.05, 0) is 19.3 Å². The van der Waals surface area contributed by atoms with Gasteiger partial charge in [0.05, 0.1) is 12.3 Å². The lowest BCUT2D eigenvalue weighted by molar-refractivity contribution is -0.135. The summed E-state index contributed by atoms with van der Waals surface area (Å²) >= 11 is 0. The molecule has 2 rings (SSSR count). The van der Waals surface area contributed by atoms with Crippen molar-refractivity contribution < 1.29 is 14.3 Å². The van der Waals surface area contributed by atoms with E-state index in [2.05, 4.69) is 10.3 Å². The van der Waals surface area contributed by atoms with Gasteiger partial charge in [-0.2, -0.15) is 0 Å². The van der Waals surface area contributed by atoms with Crippen LogP contribution in [-0.2, 0) is 16.1 Å². The second-order valence-corrected chi connectivity index (χ2v) is 5.09. The summed E-state index contributed by atoms with van der Waals surface area (Å²) in [7, 11) is 0. The molecule has 1 saturated heterocycles. The van der Waals surface area contributed by atoms with Gasteiger partial charge in [-0.15, -0.1) is 5.10 Å². The van der Waals surface area contributed by atoms with Crippen molar-refractivity contribution in [1.82, 2.24) is 19.9 Å². The lowest BCUT2D eigenvalue weighted by Crippen LogP contribution is -2.44. The van der Waals surface area contributed by atoms with Crippen molar-refractivity contribution in [2.45, 2.75) is 39.7 Å². The minimum absolute atomic E-state index is 0.0125. The molecule has 0 aromatic carbocycles. The number of amides is 1. The molecule has 1 aromatic heterocycles. The number of esters is 1. The van der Waals surface area contributed by atoms with Gasteiger partial charge in [0.2, 0.25) is 5.91 Å². The lowest BCUT2D eigenvalue weighted by atomic mass is 10.1. The van der Waals surface area contributed by atoms with Crippen LogP contribution in [0.3, 0.4) is 0 Å². The first-order valence-corrected chi connectivity index (χ1v) is 6.92. The molecule has 0 bridgehead atoms. The quantitative estimate of drug-likeness (QED) is 0.746. The third kappa shape index (κ3) is 2.81. The summed E-state index contributed by atoms with van der Waals surface area (Å²) in [6.07, 6.45) is 1.05. The summed E-state index contributed by atoms with van der Waals surface area (Å²) in [5, 5.41) is 7.82. The molecular weight excluding hydrogens is 260 g/mol. The molecule has 0 atom stereocenters. The van der Waals surface area contributed by atoms with E-state index in [9.17, 15) is 9.59 Å². The predicted octanol–water partition coefficient (Wildman–Crippen LogP) is 0.810. The van der Waals surface area contributed by atoms with E-state index < -0.39 is 5.97 Å². The topological polar surface area (TPSA) is 77.3 Å². The molecule has 1 amide bonds. The first-order chi connectivity index (χ1) is 9.54. The van der Waals surface area contributed by atoms with Gasteiger partial charge in [-0.3, -0.25) is 4.79 Å². The summed E-state index contributed by atoms with van der Waals surface area (Å²) in [5.74, 6) is -0.439. The molecule has 0 radical (unpaired) electrons. The van der Waals surface area contributed by atoms with E-state index in [4.69, 9.17) is 4.74 Å². The van der Waals surface area contributed by atoms with Crippen LogP contribution in [-0.4, -0.2) is 51.5 Å². The van der Waals surface area contributed by atoms with Crippen LogP contribution in [0.25, 0.3) is 0 Å². The van der Waals surface area contributed by atoms with E-state index in [-0.39, 0.29) is 30.7 Å². The Kier molecular flexibility index (Phi) is 4.36. The molecule has 1 aromatic rings. The average Bonchev–Trinajstić information content (AvgIpc) is 2.70. The average molecular weight is 280 g/mol. The van der Waals surface area contributed by atoms with E-state index >= 15 is 0 Å². The van der Waals surface area contributed by atoms with E-state index in [1.807, 2.05) is 13.8 Å². The number of carbonyl (C=O) groups is 2. The zero-order valence-electron chi connectivity index (χ0n) is 12.1. The SMILES string of the molecule is CCOC(=O)c1nnn(CC(=O)N2CCC2)c1C(C)C. The highest BCUT2D eigenvalue weighted by Crippen LogP contribution is 2.19. The number of hydrogen-bond donors (Lipinski definition) is 0. The van der Waals surface area contributed by atoms with Crippen molar-refractivity contribution in [2.75, 3.05) is 19.7 Å². The fourth-order valence-corrected chi connectivity index (χ4v) is 2.15. The monoisotopic (exact) mass is 280 g/mol. The molecule has 0 spiro atoms. The number of rotatable bonds is 5. The van der Waals surface area contributed by atoms with Crippen LogP contribution >= 0.6 is 0 Å². The van der Waals surface area contributed by atoms with Crippen molar-refractivity contribution in [3.05, 3.63) is 11.4 Å². The number of aromatic nitrogens is 3. The van der Waals surface area contributed by atoms with Crippen LogP contribution in [0.2, 0.25) is 0 Å². The van der Waals surface area contributed by atoms with Gasteiger partial charge >= 0.3 is 5.97 Å². The van der Waals surface area contributed by atoms with E-state index in [1.165, 1.54) is 4.68 Å². The molecule has 0 unspecified atom stereocenters. The Bertz CT molecular complexity index is 506.